The second kappa shape index (κ2) is 9.08. The fourth-order valence-electron chi connectivity index (χ4n) is 5.05. The monoisotopic (exact) mass is 398 g/mol. The Morgan fingerprint density at radius 2 is 1.86 bits per heavy atom. The van der Waals surface area contributed by atoms with Crippen LogP contribution in [-0.2, 0) is 25.5 Å². The number of hydrogen-bond donors (Lipinski definition) is 1. The van der Waals surface area contributed by atoms with Crippen LogP contribution in [0.3, 0.4) is 0 Å². The second-order valence-electron chi connectivity index (χ2n) is 8.60. The van der Waals surface area contributed by atoms with Crippen molar-refractivity contribution in [3.63, 3.8) is 0 Å². The van der Waals surface area contributed by atoms with Gasteiger partial charge in [-0.05, 0) is 24.3 Å². The fraction of sp³-hybridized carbons (Fsp3) is 0.609. The summed E-state index contributed by atoms with van der Waals surface area (Å²) in [5.74, 6) is 0.162. The molecule has 2 amide bonds. The van der Waals surface area contributed by atoms with E-state index in [0.29, 0.717) is 25.3 Å². The molecule has 29 heavy (non-hydrogen) atoms. The summed E-state index contributed by atoms with van der Waals surface area (Å²) in [4.78, 5) is 40.0. The Labute approximate surface area is 172 Å². The van der Waals surface area contributed by atoms with Gasteiger partial charge in [0, 0.05) is 6.54 Å². The average Bonchev–Trinajstić information content (AvgIpc) is 3.31. The van der Waals surface area contributed by atoms with Gasteiger partial charge in [-0.25, -0.2) is 0 Å². The highest BCUT2D eigenvalue weighted by Gasteiger charge is 2.48. The molecule has 2 aliphatic heterocycles. The molecule has 3 unspecified atom stereocenters. The minimum Gasteiger partial charge on any atom is -0.368 e. The van der Waals surface area contributed by atoms with Gasteiger partial charge in [0.25, 0.3) is 0 Å². The Bertz CT molecular complexity index is 745. The number of Topliss-reactive ketones (excluding diaryl/α,β-unsaturated/α-hetero) is 1. The predicted octanol–water partition coefficient (Wildman–Crippen LogP) is 2.25. The molecule has 6 heteroatoms. The summed E-state index contributed by atoms with van der Waals surface area (Å²) < 4.78 is 5.53. The molecule has 0 bridgehead atoms. The van der Waals surface area contributed by atoms with E-state index in [1.54, 1.807) is 4.90 Å². The highest BCUT2D eigenvalue weighted by atomic mass is 16.5. The van der Waals surface area contributed by atoms with Crippen LogP contribution >= 0.6 is 0 Å². The van der Waals surface area contributed by atoms with Gasteiger partial charge in [-0.1, -0.05) is 62.4 Å². The van der Waals surface area contributed by atoms with Crippen LogP contribution in [0, 0.1) is 5.92 Å². The van der Waals surface area contributed by atoms with E-state index in [-0.39, 0.29) is 36.7 Å². The molecule has 3 atom stereocenters. The molecule has 1 N–H and O–H groups in total. The lowest BCUT2D eigenvalue weighted by Gasteiger charge is -2.31. The first-order valence-electron chi connectivity index (χ1n) is 10.9. The number of amides is 2. The largest absolute Gasteiger partial charge is 0.368 e. The predicted molar refractivity (Wildman–Crippen MR) is 108 cm³/mol. The first-order valence-corrected chi connectivity index (χ1v) is 10.9. The average molecular weight is 399 g/mol. The molecule has 3 aliphatic rings. The minimum absolute atomic E-state index is 0.0205. The number of likely N-dealkylation sites (tertiary alicyclic amines) is 1. The quantitative estimate of drug-likeness (QED) is 0.798. The van der Waals surface area contributed by atoms with Crippen molar-refractivity contribution in [1.82, 2.24) is 10.2 Å². The molecular formula is C23H30N2O4. The number of carbonyl (C=O) groups is 3. The Balaban J connectivity index is 1.46. The Morgan fingerprint density at radius 3 is 2.62 bits per heavy atom. The molecule has 0 radical (unpaired) electrons. The molecule has 1 aliphatic carbocycles. The van der Waals surface area contributed by atoms with Crippen LogP contribution in [-0.4, -0.2) is 53.8 Å². The van der Waals surface area contributed by atoms with Gasteiger partial charge in [0.05, 0.1) is 12.5 Å². The molecular weight excluding hydrogens is 368 g/mol. The second-order valence-corrected chi connectivity index (χ2v) is 8.60. The molecule has 0 aromatic heterocycles. The van der Waals surface area contributed by atoms with E-state index in [0.717, 1.165) is 18.4 Å². The maximum absolute atomic E-state index is 13.4. The minimum atomic E-state index is -0.568. The van der Waals surface area contributed by atoms with Gasteiger partial charge < -0.3 is 15.0 Å². The number of rotatable bonds is 6. The molecule has 1 saturated carbocycles. The van der Waals surface area contributed by atoms with Crippen LogP contribution in [0.4, 0.5) is 0 Å². The van der Waals surface area contributed by atoms with Crippen molar-refractivity contribution in [2.45, 2.75) is 69.6 Å². The van der Waals surface area contributed by atoms with Crippen molar-refractivity contribution in [1.29, 1.82) is 0 Å². The third-order valence-corrected chi connectivity index (χ3v) is 6.53. The van der Waals surface area contributed by atoms with Crippen LogP contribution < -0.4 is 5.32 Å². The summed E-state index contributed by atoms with van der Waals surface area (Å²) >= 11 is 0. The van der Waals surface area contributed by atoms with Crippen LogP contribution in [0.15, 0.2) is 30.3 Å². The van der Waals surface area contributed by atoms with E-state index in [9.17, 15) is 14.4 Å². The number of nitrogens with zero attached hydrogens (tertiary/aromatic N) is 1. The standard InChI is InChI=1S/C23H30N2O4/c26-19-15-29-20-11-12-25(22(19)20)23(28)18(13-16-7-3-1-4-8-16)24-21(27)14-17-9-5-2-6-10-17/h2,5-6,9-10,16,18,20,22H,1,3-4,7-8,11-15H2,(H,24,27). The molecule has 0 spiro atoms. The van der Waals surface area contributed by atoms with E-state index >= 15 is 0 Å². The molecule has 3 fully saturated rings. The Morgan fingerprint density at radius 1 is 1.10 bits per heavy atom. The van der Waals surface area contributed by atoms with Crippen LogP contribution in [0.25, 0.3) is 0 Å². The van der Waals surface area contributed by atoms with Crippen molar-refractivity contribution in [2.75, 3.05) is 13.2 Å². The van der Waals surface area contributed by atoms with Gasteiger partial charge >= 0.3 is 0 Å². The zero-order chi connectivity index (χ0) is 20.2. The number of ketones is 1. The van der Waals surface area contributed by atoms with Gasteiger partial charge in [0.1, 0.15) is 18.7 Å². The first-order chi connectivity index (χ1) is 14.1. The molecule has 4 rings (SSSR count). The van der Waals surface area contributed by atoms with E-state index in [4.69, 9.17) is 4.74 Å². The number of nitrogens with one attached hydrogen (secondary N) is 1. The number of hydrogen-bond acceptors (Lipinski definition) is 4. The molecule has 2 heterocycles. The van der Waals surface area contributed by atoms with Gasteiger partial charge in [0.2, 0.25) is 11.8 Å². The first kappa shape index (κ1) is 20.1. The summed E-state index contributed by atoms with van der Waals surface area (Å²) in [6.45, 7) is 0.613. The fourth-order valence-corrected chi connectivity index (χ4v) is 5.05. The SMILES string of the molecule is O=C(Cc1ccccc1)NC(CC1CCCCC1)C(=O)N1CCC2OCC(=O)C21. The third-order valence-electron chi connectivity index (χ3n) is 6.53. The Kier molecular flexibility index (Phi) is 6.28. The maximum Gasteiger partial charge on any atom is 0.245 e. The molecule has 156 valence electrons. The summed E-state index contributed by atoms with van der Waals surface area (Å²) in [6.07, 6.45) is 7.24. The van der Waals surface area contributed by atoms with E-state index in [2.05, 4.69) is 5.32 Å². The molecule has 1 aromatic rings. The number of benzene rings is 1. The lowest BCUT2D eigenvalue weighted by molar-refractivity contribution is -0.140. The Hall–Kier alpha value is -2.21. The highest BCUT2D eigenvalue weighted by molar-refractivity contribution is 5.95. The van der Waals surface area contributed by atoms with Crippen molar-refractivity contribution < 1.29 is 19.1 Å². The lowest BCUT2D eigenvalue weighted by Crippen LogP contribution is -2.53. The van der Waals surface area contributed by atoms with Crippen LogP contribution in [0.5, 0.6) is 0 Å². The van der Waals surface area contributed by atoms with Gasteiger partial charge in [0.15, 0.2) is 5.78 Å². The molecule has 6 nitrogen and oxygen atoms in total. The number of carbonyl (C=O) groups excluding carboxylic acids is 3. The van der Waals surface area contributed by atoms with Gasteiger partial charge in [-0.15, -0.1) is 0 Å². The van der Waals surface area contributed by atoms with Gasteiger partial charge in [-0.2, -0.15) is 0 Å². The van der Waals surface area contributed by atoms with Crippen LogP contribution in [0.1, 0.15) is 50.5 Å². The van der Waals surface area contributed by atoms with Gasteiger partial charge in [-0.3, -0.25) is 14.4 Å². The van der Waals surface area contributed by atoms with E-state index in [1.807, 2.05) is 30.3 Å². The maximum atomic E-state index is 13.4. The summed E-state index contributed by atoms with van der Waals surface area (Å²) in [6, 6.07) is 8.52. The highest BCUT2D eigenvalue weighted by Crippen LogP contribution is 2.31. The van der Waals surface area contributed by atoms with Crippen LogP contribution in [0.2, 0.25) is 0 Å². The molecule has 1 aromatic carbocycles. The van der Waals surface area contributed by atoms with E-state index in [1.165, 1.54) is 19.3 Å². The third kappa shape index (κ3) is 4.69. The number of fused-ring (bicyclic) bond motifs is 1. The van der Waals surface area contributed by atoms with Crippen molar-refractivity contribution in [3.05, 3.63) is 35.9 Å². The summed E-state index contributed by atoms with van der Waals surface area (Å²) in [7, 11) is 0. The lowest BCUT2D eigenvalue weighted by atomic mass is 9.84. The summed E-state index contributed by atoms with van der Waals surface area (Å²) in [5.41, 5.74) is 0.925. The molecule has 2 saturated heterocycles. The zero-order valence-electron chi connectivity index (χ0n) is 16.8. The number of ether oxygens (including phenoxy) is 1. The normalized spacial score (nSPS) is 25.7. The van der Waals surface area contributed by atoms with Crippen molar-refractivity contribution in [3.8, 4) is 0 Å². The van der Waals surface area contributed by atoms with Crippen molar-refractivity contribution >= 4 is 17.6 Å². The van der Waals surface area contributed by atoms with E-state index < -0.39 is 12.1 Å². The topological polar surface area (TPSA) is 75.7 Å². The summed E-state index contributed by atoms with van der Waals surface area (Å²) in [5, 5.41) is 3.00. The zero-order valence-corrected chi connectivity index (χ0v) is 16.8. The smallest absolute Gasteiger partial charge is 0.245 e. The van der Waals surface area contributed by atoms with Crippen molar-refractivity contribution in [2.24, 2.45) is 5.92 Å².